The molecule has 0 spiro atoms. The van der Waals surface area contributed by atoms with Gasteiger partial charge in [-0.25, -0.2) is 0 Å². The Morgan fingerprint density at radius 2 is 1.40 bits per heavy atom. The molecule has 0 fully saturated rings. The molecule has 0 bridgehead atoms. The Morgan fingerprint density at radius 3 is 2.08 bits per heavy atom. The van der Waals surface area contributed by atoms with E-state index >= 15 is 0 Å². The summed E-state index contributed by atoms with van der Waals surface area (Å²) in [5.41, 5.74) is 1.88. The van der Waals surface area contributed by atoms with Crippen molar-refractivity contribution in [3.05, 3.63) is 71.8 Å². The molecular formula is C22H17ClO2. The van der Waals surface area contributed by atoms with Crippen molar-refractivity contribution >= 4 is 33.1 Å². The second-order valence-electron chi connectivity index (χ2n) is 5.89. The van der Waals surface area contributed by atoms with E-state index in [2.05, 4.69) is 24.3 Å². The van der Waals surface area contributed by atoms with Crippen LogP contribution in [0.5, 0.6) is 11.5 Å². The van der Waals surface area contributed by atoms with Crippen molar-refractivity contribution in [1.29, 1.82) is 0 Å². The van der Waals surface area contributed by atoms with Crippen molar-refractivity contribution in [2.24, 2.45) is 0 Å². The highest BCUT2D eigenvalue weighted by Gasteiger charge is 2.19. The molecule has 4 aromatic rings. The molecule has 0 saturated carbocycles. The van der Waals surface area contributed by atoms with Crippen molar-refractivity contribution in [1.82, 2.24) is 0 Å². The van der Waals surface area contributed by atoms with Crippen LogP contribution in [0.4, 0.5) is 0 Å². The van der Waals surface area contributed by atoms with Crippen molar-refractivity contribution in [3.63, 3.8) is 0 Å². The zero-order chi connectivity index (χ0) is 17.4. The second kappa shape index (κ2) is 6.30. The van der Waals surface area contributed by atoms with Crippen LogP contribution in [0.3, 0.4) is 0 Å². The minimum absolute atomic E-state index is 0.684. The molecule has 0 unspecified atom stereocenters. The van der Waals surface area contributed by atoms with Gasteiger partial charge in [-0.2, -0.15) is 0 Å². The van der Waals surface area contributed by atoms with Gasteiger partial charge in [0.1, 0.15) is 0 Å². The van der Waals surface area contributed by atoms with Crippen LogP contribution in [0, 0.1) is 0 Å². The van der Waals surface area contributed by atoms with E-state index < -0.39 is 0 Å². The van der Waals surface area contributed by atoms with Gasteiger partial charge in [-0.15, -0.1) is 0 Å². The number of ether oxygens (including phenoxy) is 2. The average molecular weight is 349 g/mol. The fraction of sp³-hybridized carbons (Fsp3) is 0.0909. The molecular weight excluding hydrogens is 332 g/mol. The summed E-state index contributed by atoms with van der Waals surface area (Å²) in [7, 11) is 3.31. The third-order valence-electron chi connectivity index (χ3n) is 4.49. The number of methoxy groups -OCH3 is 2. The Bertz CT molecular complexity index is 1090. The molecule has 4 aromatic carbocycles. The lowest BCUT2D eigenvalue weighted by atomic mass is 9.94. The largest absolute Gasteiger partial charge is 0.493 e. The predicted molar refractivity (Wildman–Crippen MR) is 105 cm³/mol. The van der Waals surface area contributed by atoms with Gasteiger partial charge in [0, 0.05) is 16.1 Å². The highest BCUT2D eigenvalue weighted by atomic mass is 35.5. The van der Waals surface area contributed by atoms with Crippen LogP contribution in [0.15, 0.2) is 66.7 Å². The summed E-state index contributed by atoms with van der Waals surface area (Å²) in [5.74, 6) is 1.39. The molecule has 0 radical (unpaired) electrons. The lowest BCUT2D eigenvalue weighted by Gasteiger charge is -2.17. The summed E-state index contributed by atoms with van der Waals surface area (Å²) in [6, 6.07) is 22.5. The van der Waals surface area contributed by atoms with Crippen LogP contribution in [0.1, 0.15) is 0 Å². The van der Waals surface area contributed by atoms with E-state index in [0.29, 0.717) is 16.5 Å². The summed E-state index contributed by atoms with van der Waals surface area (Å²) in [6.45, 7) is 0. The zero-order valence-electron chi connectivity index (χ0n) is 14.0. The van der Waals surface area contributed by atoms with Gasteiger partial charge < -0.3 is 9.47 Å². The van der Waals surface area contributed by atoms with Gasteiger partial charge in [-0.1, -0.05) is 54.1 Å². The average Bonchev–Trinajstić information content (AvgIpc) is 2.65. The maximum Gasteiger partial charge on any atom is 0.169 e. The molecule has 0 aromatic heterocycles. The van der Waals surface area contributed by atoms with Crippen LogP contribution in [-0.2, 0) is 0 Å². The smallest absolute Gasteiger partial charge is 0.169 e. The van der Waals surface area contributed by atoms with Crippen LogP contribution >= 0.6 is 11.6 Å². The van der Waals surface area contributed by atoms with Crippen molar-refractivity contribution in [2.75, 3.05) is 14.2 Å². The normalized spacial score (nSPS) is 11.0. The third-order valence-corrected chi connectivity index (χ3v) is 4.82. The Hall–Kier alpha value is -2.71. The Labute approximate surface area is 151 Å². The van der Waals surface area contributed by atoms with E-state index in [1.54, 1.807) is 14.2 Å². The van der Waals surface area contributed by atoms with Gasteiger partial charge in [0.05, 0.1) is 14.2 Å². The number of halogens is 1. The highest BCUT2D eigenvalue weighted by Crippen LogP contribution is 2.46. The van der Waals surface area contributed by atoms with Gasteiger partial charge in [-0.05, 0) is 45.8 Å². The van der Waals surface area contributed by atoms with E-state index in [1.165, 1.54) is 10.8 Å². The molecule has 0 amide bonds. The van der Waals surface area contributed by atoms with Crippen LogP contribution in [0.25, 0.3) is 32.7 Å². The minimum atomic E-state index is 0.684. The molecule has 0 aliphatic heterocycles. The first kappa shape index (κ1) is 15.8. The number of rotatable bonds is 3. The van der Waals surface area contributed by atoms with Crippen LogP contribution < -0.4 is 9.47 Å². The molecule has 3 heteroatoms. The van der Waals surface area contributed by atoms with Gasteiger partial charge in [0.25, 0.3) is 0 Å². The summed E-state index contributed by atoms with van der Waals surface area (Å²) in [5, 5.41) is 5.22. The van der Waals surface area contributed by atoms with Gasteiger partial charge in [-0.3, -0.25) is 0 Å². The summed E-state index contributed by atoms with van der Waals surface area (Å²) in [6.07, 6.45) is 0. The molecule has 0 atom stereocenters. The number of benzene rings is 4. The zero-order valence-corrected chi connectivity index (χ0v) is 14.8. The van der Waals surface area contributed by atoms with Crippen molar-refractivity contribution in [3.8, 4) is 22.6 Å². The van der Waals surface area contributed by atoms with E-state index in [4.69, 9.17) is 21.1 Å². The Kier molecular flexibility index (Phi) is 3.98. The lowest BCUT2D eigenvalue weighted by Crippen LogP contribution is -1.95. The molecule has 25 heavy (non-hydrogen) atoms. The summed E-state index contributed by atoms with van der Waals surface area (Å²) in [4.78, 5) is 0. The van der Waals surface area contributed by atoms with Crippen LogP contribution in [0.2, 0.25) is 5.02 Å². The molecule has 124 valence electrons. The standard InChI is InChI=1S/C22H17ClO2/c1-24-20-13-16-11-14-7-3-4-8-15(14)12-18(16)21(22(20)25-2)17-9-5-6-10-19(17)23/h3-13H,1-2H3. The van der Waals surface area contributed by atoms with E-state index in [9.17, 15) is 0 Å². The quantitative estimate of drug-likeness (QED) is 0.403. The highest BCUT2D eigenvalue weighted by molar-refractivity contribution is 6.34. The van der Waals surface area contributed by atoms with E-state index in [-0.39, 0.29) is 0 Å². The van der Waals surface area contributed by atoms with Crippen molar-refractivity contribution < 1.29 is 9.47 Å². The van der Waals surface area contributed by atoms with Gasteiger partial charge in [0.15, 0.2) is 11.5 Å². The van der Waals surface area contributed by atoms with E-state index in [1.807, 2.05) is 42.5 Å². The molecule has 0 aliphatic carbocycles. The van der Waals surface area contributed by atoms with E-state index in [0.717, 1.165) is 21.9 Å². The molecule has 0 aliphatic rings. The Morgan fingerprint density at radius 1 is 0.720 bits per heavy atom. The first-order chi connectivity index (χ1) is 12.2. The summed E-state index contributed by atoms with van der Waals surface area (Å²) >= 11 is 6.51. The van der Waals surface area contributed by atoms with Gasteiger partial charge >= 0.3 is 0 Å². The first-order valence-electron chi connectivity index (χ1n) is 8.05. The Balaban J connectivity index is 2.20. The lowest BCUT2D eigenvalue weighted by molar-refractivity contribution is 0.357. The molecule has 2 nitrogen and oxygen atoms in total. The molecule has 0 N–H and O–H groups in total. The topological polar surface area (TPSA) is 18.5 Å². The molecule has 4 rings (SSSR count). The molecule has 0 heterocycles. The maximum absolute atomic E-state index is 6.51. The minimum Gasteiger partial charge on any atom is -0.493 e. The number of hydrogen-bond donors (Lipinski definition) is 0. The van der Waals surface area contributed by atoms with Gasteiger partial charge in [0.2, 0.25) is 0 Å². The predicted octanol–water partition coefficient (Wildman–Crippen LogP) is 6.33. The third kappa shape index (κ3) is 2.59. The SMILES string of the molecule is COc1cc2cc3ccccc3cc2c(-c2ccccc2Cl)c1OC. The number of fused-ring (bicyclic) bond motifs is 2. The number of hydrogen-bond acceptors (Lipinski definition) is 2. The van der Waals surface area contributed by atoms with Crippen LogP contribution in [-0.4, -0.2) is 14.2 Å². The summed E-state index contributed by atoms with van der Waals surface area (Å²) < 4.78 is 11.3. The van der Waals surface area contributed by atoms with Crippen molar-refractivity contribution in [2.45, 2.75) is 0 Å². The first-order valence-corrected chi connectivity index (χ1v) is 8.43. The fourth-order valence-electron chi connectivity index (χ4n) is 3.33. The maximum atomic E-state index is 6.51. The second-order valence-corrected chi connectivity index (χ2v) is 6.29. The monoisotopic (exact) mass is 348 g/mol. The fourth-order valence-corrected chi connectivity index (χ4v) is 3.56. The molecule has 0 saturated heterocycles.